The molecule has 0 bridgehead atoms. The van der Waals surface area contributed by atoms with Gasteiger partial charge in [-0.1, -0.05) is 71.9 Å². The lowest BCUT2D eigenvalue weighted by Crippen LogP contribution is -2.29. The molecule has 5 rings (SSSR count). The Labute approximate surface area is 198 Å². The molecule has 5 nitrogen and oxygen atoms in total. The number of carbonyl (C=O) groups is 1. The van der Waals surface area contributed by atoms with E-state index in [-0.39, 0.29) is 5.91 Å². The van der Waals surface area contributed by atoms with Crippen molar-refractivity contribution in [2.75, 3.05) is 18.8 Å². The van der Waals surface area contributed by atoms with Crippen LogP contribution in [0.2, 0.25) is 0 Å². The van der Waals surface area contributed by atoms with Crippen LogP contribution in [0.15, 0.2) is 65.8 Å². The Morgan fingerprint density at radius 2 is 1.76 bits per heavy atom. The number of benzene rings is 3. The van der Waals surface area contributed by atoms with Gasteiger partial charge in [0, 0.05) is 19.5 Å². The van der Waals surface area contributed by atoms with E-state index in [9.17, 15) is 4.79 Å². The Morgan fingerprint density at radius 1 is 0.970 bits per heavy atom. The van der Waals surface area contributed by atoms with Gasteiger partial charge in [0.1, 0.15) is 5.82 Å². The van der Waals surface area contributed by atoms with Crippen LogP contribution in [0.3, 0.4) is 0 Å². The van der Waals surface area contributed by atoms with Crippen molar-refractivity contribution >= 4 is 28.4 Å². The maximum atomic E-state index is 12.7. The van der Waals surface area contributed by atoms with Crippen molar-refractivity contribution in [3.63, 3.8) is 0 Å². The summed E-state index contributed by atoms with van der Waals surface area (Å²) in [6, 6.07) is 21.3. The molecule has 1 fully saturated rings. The molecule has 168 valence electrons. The molecule has 0 saturated carbocycles. The monoisotopic (exact) mass is 456 g/mol. The first-order chi connectivity index (χ1) is 16.1. The zero-order valence-electron chi connectivity index (χ0n) is 19.1. The van der Waals surface area contributed by atoms with Crippen LogP contribution in [-0.2, 0) is 11.2 Å². The average molecular weight is 457 g/mol. The van der Waals surface area contributed by atoms with Crippen molar-refractivity contribution in [2.45, 2.75) is 38.3 Å². The van der Waals surface area contributed by atoms with E-state index in [0.29, 0.717) is 12.2 Å². The van der Waals surface area contributed by atoms with E-state index in [1.807, 2.05) is 4.90 Å². The fraction of sp³-hybridized carbons (Fsp3) is 0.296. The molecule has 0 spiro atoms. The van der Waals surface area contributed by atoms with Gasteiger partial charge in [0.15, 0.2) is 5.16 Å². The molecule has 1 aromatic heterocycles. The molecule has 6 heteroatoms. The molecule has 1 saturated heterocycles. The van der Waals surface area contributed by atoms with Crippen LogP contribution in [0, 0.1) is 13.8 Å². The molecule has 1 amide bonds. The number of fused-ring (bicyclic) bond motifs is 1. The minimum Gasteiger partial charge on any atom is -0.342 e. The van der Waals surface area contributed by atoms with Crippen molar-refractivity contribution in [3.05, 3.63) is 83.2 Å². The van der Waals surface area contributed by atoms with Gasteiger partial charge < -0.3 is 4.90 Å². The predicted octanol–water partition coefficient (Wildman–Crippen LogP) is 5.34. The molecule has 0 unspecified atom stereocenters. The summed E-state index contributed by atoms with van der Waals surface area (Å²) in [5, 5.41) is 12.4. The van der Waals surface area contributed by atoms with E-state index in [0.717, 1.165) is 42.6 Å². The van der Waals surface area contributed by atoms with Crippen molar-refractivity contribution in [2.24, 2.45) is 0 Å². The van der Waals surface area contributed by atoms with Crippen LogP contribution in [-0.4, -0.2) is 44.4 Å². The third-order valence-electron chi connectivity index (χ3n) is 6.31. The van der Waals surface area contributed by atoms with Gasteiger partial charge in [0.05, 0.1) is 11.4 Å². The maximum absolute atomic E-state index is 12.7. The number of aryl methyl sites for hydroxylation is 2. The molecular formula is C27H28N4OS. The minimum atomic E-state index is 0.184. The van der Waals surface area contributed by atoms with Gasteiger partial charge in [-0.2, -0.15) is 0 Å². The largest absolute Gasteiger partial charge is 0.342 e. The SMILES string of the molecule is Cc1ccc(-n2c(Cc3cccc4ccccc34)nnc2SCC(=O)N2CCCC2)c(C)c1. The minimum absolute atomic E-state index is 0.184. The zero-order chi connectivity index (χ0) is 22.8. The lowest BCUT2D eigenvalue weighted by molar-refractivity contribution is -0.127. The molecule has 2 heterocycles. The second-order valence-electron chi connectivity index (χ2n) is 8.72. The standard InChI is InChI=1S/C27H28N4OS/c1-19-12-13-24(20(2)16-19)31-25(17-22-10-7-9-21-8-3-4-11-23(21)22)28-29-27(31)33-18-26(32)30-14-5-6-15-30/h3-4,7-13,16H,5-6,14-15,17-18H2,1-2H3. The highest BCUT2D eigenvalue weighted by Gasteiger charge is 2.21. The fourth-order valence-corrected chi connectivity index (χ4v) is 5.47. The van der Waals surface area contributed by atoms with Crippen LogP contribution in [0.4, 0.5) is 0 Å². The molecule has 4 aromatic rings. The van der Waals surface area contributed by atoms with Gasteiger partial charge >= 0.3 is 0 Å². The van der Waals surface area contributed by atoms with Crippen molar-refractivity contribution in [1.82, 2.24) is 19.7 Å². The highest BCUT2D eigenvalue weighted by molar-refractivity contribution is 7.99. The highest BCUT2D eigenvalue weighted by atomic mass is 32.2. The summed E-state index contributed by atoms with van der Waals surface area (Å²) < 4.78 is 2.14. The molecule has 0 atom stereocenters. The van der Waals surface area contributed by atoms with Crippen LogP contribution < -0.4 is 0 Å². The summed E-state index contributed by atoms with van der Waals surface area (Å²) in [6.45, 7) is 5.96. The molecule has 3 aromatic carbocycles. The van der Waals surface area contributed by atoms with Gasteiger partial charge in [-0.05, 0) is 54.7 Å². The first-order valence-electron chi connectivity index (χ1n) is 11.5. The van der Waals surface area contributed by atoms with Crippen LogP contribution >= 0.6 is 11.8 Å². The number of rotatable bonds is 6. The van der Waals surface area contributed by atoms with E-state index in [4.69, 9.17) is 0 Å². The smallest absolute Gasteiger partial charge is 0.233 e. The molecule has 0 N–H and O–H groups in total. The topological polar surface area (TPSA) is 51.0 Å². The van der Waals surface area contributed by atoms with E-state index in [1.165, 1.54) is 39.2 Å². The summed E-state index contributed by atoms with van der Waals surface area (Å²) in [5.41, 5.74) is 4.67. The van der Waals surface area contributed by atoms with Crippen molar-refractivity contribution < 1.29 is 4.79 Å². The number of thioether (sulfide) groups is 1. The first kappa shape index (κ1) is 21.7. The Hall–Kier alpha value is -3.12. The molecular weight excluding hydrogens is 428 g/mol. The van der Waals surface area contributed by atoms with Crippen LogP contribution in [0.25, 0.3) is 16.5 Å². The quantitative estimate of drug-likeness (QED) is 0.367. The van der Waals surface area contributed by atoms with Gasteiger partial charge in [-0.25, -0.2) is 0 Å². The van der Waals surface area contributed by atoms with Gasteiger partial charge in [-0.3, -0.25) is 9.36 Å². The Morgan fingerprint density at radius 3 is 2.58 bits per heavy atom. The van der Waals surface area contributed by atoms with Crippen molar-refractivity contribution in [3.8, 4) is 5.69 Å². The number of likely N-dealkylation sites (tertiary alicyclic amines) is 1. The summed E-state index contributed by atoms with van der Waals surface area (Å²) in [6.07, 6.45) is 2.87. The normalized spacial score (nSPS) is 13.7. The lowest BCUT2D eigenvalue weighted by atomic mass is 10.0. The first-order valence-corrected chi connectivity index (χ1v) is 12.5. The third-order valence-corrected chi connectivity index (χ3v) is 7.22. The lowest BCUT2D eigenvalue weighted by Gasteiger charge is -2.16. The molecule has 0 radical (unpaired) electrons. The van der Waals surface area contributed by atoms with E-state index < -0.39 is 0 Å². The summed E-state index contributed by atoms with van der Waals surface area (Å²) in [5.74, 6) is 1.45. The molecule has 1 aliphatic heterocycles. The van der Waals surface area contributed by atoms with Gasteiger partial charge in [-0.15, -0.1) is 10.2 Å². The number of carbonyl (C=O) groups excluding carboxylic acids is 1. The maximum Gasteiger partial charge on any atom is 0.233 e. The van der Waals surface area contributed by atoms with Gasteiger partial charge in [0.2, 0.25) is 5.91 Å². The average Bonchev–Trinajstić information content (AvgIpc) is 3.49. The number of amides is 1. The van der Waals surface area contributed by atoms with E-state index in [1.54, 1.807) is 0 Å². The van der Waals surface area contributed by atoms with E-state index >= 15 is 0 Å². The van der Waals surface area contributed by atoms with E-state index in [2.05, 4.69) is 89.3 Å². The predicted molar refractivity (Wildman–Crippen MR) is 134 cm³/mol. The Kier molecular flexibility index (Phi) is 6.18. The number of hydrogen-bond donors (Lipinski definition) is 0. The molecule has 0 aliphatic carbocycles. The summed E-state index contributed by atoms with van der Waals surface area (Å²) in [7, 11) is 0. The second-order valence-corrected chi connectivity index (χ2v) is 9.66. The van der Waals surface area contributed by atoms with Crippen LogP contribution in [0.1, 0.15) is 35.4 Å². The molecule has 1 aliphatic rings. The highest BCUT2D eigenvalue weighted by Crippen LogP contribution is 2.28. The third kappa shape index (κ3) is 4.53. The Bertz CT molecular complexity index is 1300. The molecule has 33 heavy (non-hydrogen) atoms. The summed E-state index contributed by atoms with van der Waals surface area (Å²) >= 11 is 1.48. The zero-order valence-corrected chi connectivity index (χ0v) is 19.9. The number of aromatic nitrogens is 3. The van der Waals surface area contributed by atoms with Crippen LogP contribution in [0.5, 0.6) is 0 Å². The number of nitrogens with zero attached hydrogens (tertiary/aromatic N) is 4. The number of hydrogen-bond acceptors (Lipinski definition) is 4. The fourth-order valence-electron chi connectivity index (χ4n) is 4.61. The second kappa shape index (κ2) is 9.40. The van der Waals surface area contributed by atoms with Crippen molar-refractivity contribution in [1.29, 1.82) is 0 Å². The van der Waals surface area contributed by atoms with Gasteiger partial charge in [0.25, 0.3) is 0 Å². The summed E-state index contributed by atoms with van der Waals surface area (Å²) in [4.78, 5) is 14.6. The Balaban J connectivity index is 1.51.